The van der Waals surface area contributed by atoms with Crippen LogP contribution in [0.5, 0.6) is 5.75 Å². The number of ether oxygens (including phenoxy) is 1. The first-order valence-electron chi connectivity index (χ1n) is 7.05. The summed E-state index contributed by atoms with van der Waals surface area (Å²) in [7, 11) is 1.61. The van der Waals surface area contributed by atoms with E-state index in [9.17, 15) is 4.39 Å². The van der Waals surface area contributed by atoms with Crippen molar-refractivity contribution < 1.29 is 9.13 Å². The average Bonchev–Trinajstić information content (AvgIpc) is 2.46. The van der Waals surface area contributed by atoms with E-state index in [1.54, 1.807) is 13.2 Å². The summed E-state index contributed by atoms with van der Waals surface area (Å²) in [5.74, 6) is 0.508. The number of benzene rings is 1. The molecule has 0 saturated carbocycles. The standard InChI is InChI=1S/C15H23FN2O.2ClH/c1-3-5-13(18-10-8-17-9-11-18)15-12(16)6-4-7-14(15)19-2;;/h4,6-7,13,17H,3,5,8-11H2,1-2H3;2*1H/t13-;;/m1../s1. The molecule has 1 aromatic rings. The molecule has 1 aliphatic heterocycles. The molecule has 1 fully saturated rings. The second kappa shape index (κ2) is 10.2. The first-order valence-corrected chi connectivity index (χ1v) is 7.05. The summed E-state index contributed by atoms with van der Waals surface area (Å²) in [4.78, 5) is 2.36. The molecular weight excluding hydrogens is 314 g/mol. The Kier molecular flexibility index (Phi) is 9.95. The Morgan fingerprint density at radius 3 is 2.52 bits per heavy atom. The van der Waals surface area contributed by atoms with Crippen molar-refractivity contribution in [2.24, 2.45) is 0 Å². The summed E-state index contributed by atoms with van der Waals surface area (Å²) in [6.07, 6.45) is 1.99. The van der Waals surface area contributed by atoms with Crippen LogP contribution in [0.15, 0.2) is 18.2 Å². The van der Waals surface area contributed by atoms with E-state index in [2.05, 4.69) is 17.1 Å². The summed E-state index contributed by atoms with van der Waals surface area (Å²) in [6, 6.07) is 5.20. The summed E-state index contributed by atoms with van der Waals surface area (Å²) in [5, 5.41) is 3.34. The molecule has 3 nitrogen and oxygen atoms in total. The van der Waals surface area contributed by atoms with Crippen molar-refractivity contribution in [3.05, 3.63) is 29.6 Å². The zero-order valence-electron chi connectivity index (χ0n) is 12.6. The van der Waals surface area contributed by atoms with Gasteiger partial charge < -0.3 is 10.1 Å². The molecule has 0 radical (unpaired) electrons. The summed E-state index contributed by atoms with van der Waals surface area (Å²) >= 11 is 0. The van der Waals surface area contributed by atoms with Crippen LogP contribution < -0.4 is 10.1 Å². The van der Waals surface area contributed by atoms with Crippen molar-refractivity contribution in [3.8, 4) is 5.75 Å². The van der Waals surface area contributed by atoms with Crippen LogP contribution in [0.4, 0.5) is 4.39 Å². The molecule has 122 valence electrons. The van der Waals surface area contributed by atoms with Gasteiger partial charge in [0.1, 0.15) is 11.6 Å². The molecule has 0 amide bonds. The molecule has 1 aliphatic rings. The molecule has 0 aromatic heterocycles. The summed E-state index contributed by atoms with van der Waals surface area (Å²) in [5.41, 5.74) is 0.716. The van der Waals surface area contributed by atoms with E-state index in [4.69, 9.17) is 4.74 Å². The van der Waals surface area contributed by atoms with Gasteiger partial charge in [-0.05, 0) is 18.6 Å². The molecule has 1 aromatic carbocycles. The molecule has 21 heavy (non-hydrogen) atoms. The van der Waals surface area contributed by atoms with E-state index in [0.717, 1.165) is 39.0 Å². The van der Waals surface area contributed by atoms with E-state index < -0.39 is 0 Å². The number of hydrogen-bond donors (Lipinski definition) is 1. The lowest BCUT2D eigenvalue weighted by atomic mass is 9.98. The SMILES string of the molecule is CCC[C@H](c1c(F)cccc1OC)N1CCNCC1.Cl.Cl. The van der Waals surface area contributed by atoms with Crippen LogP contribution >= 0.6 is 24.8 Å². The topological polar surface area (TPSA) is 24.5 Å². The van der Waals surface area contributed by atoms with Crippen molar-refractivity contribution in [1.29, 1.82) is 0 Å². The van der Waals surface area contributed by atoms with Gasteiger partial charge in [0.25, 0.3) is 0 Å². The van der Waals surface area contributed by atoms with Crippen LogP contribution in [0, 0.1) is 5.82 Å². The van der Waals surface area contributed by atoms with E-state index in [0.29, 0.717) is 11.3 Å². The first kappa shape index (κ1) is 20.5. The van der Waals surface area contributed by atoms with Crippen LogP contribution in [0.1, 0.15) is 31.4 Å². The van der Waals surface area contributed by atoms with Gasteiger partial charge in [-0.15, -0.1) is 24.8 Å². The Bertz CT molecular complexity index is 415. The number of halogens is 3. The molecule has 0 spiro atoms. The Labute approximate surface area is 139 Å². The Morgan fingerprint density at radius 2 is 1.95 bits per heavy atom. The van der Waals surface area contributed by atoms with Gasteiger partial charge in [0.2, 0.25) is 0 Å². The molecule has 0 bridgehead atoms. The van der Waals surface area contributed by atoms with Gasteiger partial charge in [-0.2, -0.15) is 0 Å². The molecule has 0 aliphatic carbocycles. The van der Waals surface area contributed by atoms with E-state index >= 15 is 0 Å². The number of nitrogens with one attached hydrogen (secondary N) is 1. The summed E-state index contributed by atoms with van der Waals surface area (Å²) in [6.45, 7) is 6.00. The molecule has 1 atom stereocenters. The van der Waals surface area contributed by atoms with Crippen molar-refractivity contribution in [2.45, 2.75) is 25.8 Å². The van der Waals surface area contributed by atoms with Crippen molar-refractivity contribution in [3.63, 3.8) is 0 Å². The maximum atomic E-state index is 14.2. The monoisotopic (exact) mass is 338 g/mol. The van der Waals surface area contributed by atoms with Gasteiger partial charge in [-0.25, -0.2) is 4.39 Å². The smallest absolute Gasteiger partial charge is 0.131 e. The fourth-order valence-electron chi connectivity index (χ4n) is 2.80. The lowest BCUT2D eigenvalue weighted by molar-refractivity contribution is 0.158. The Hall–Kier alpha value is -0.550. The third-order valence-corrected chi connectivity index (χ3v) is 3.72. The van der Waals surface area contributed by atoms with Crippen molar-refractivity contribution in [1.82, 2.24) is 10.2 Å². The molecule has 0 unspecified atom stereocenters. The average molecular weight is 339 g/mol. The minimum Gasteiger partial charge on any atom is -0.496 e. The first-order chi connectivity index (χ1) is 9.27. The number of methoxy groups -OCH3 is 1. The lowest BCUT2D eigenvalue weighted by Gasteiger charge is -2.35. The lowest BCUT2D eigenvalue weighted by Crippen LogP contribution is -2.45. The molecule has 2 rings (SSSR count). The minimum atomic E-state index is -0.156. The predicted octanol–water partition coefficient (Wildman–Crippen LogP) is 3.42. The molecule has 6 heteroatoms. The number of hydrogen-bond acceptors (Lipinski definition) is 3. The maximum Gasteiger partial charge on any atom is 0.131 e. The van der Waals surface area contributed by atoms with Gasteiger partial charge in [0, 0.05) is 37.8 Å². The molecular formula is C15H25Cl2FN2O. The normalized spacial score (nSPS) is 16.5. The van der Waals surface area contributed by atoms with Gasteiger partial charge in [-0.3, -0.25) is 4.90 Å². The zero-order chi connectivity index (χ0) is 13.7. The fraction of sp³-hybridized carbons (Fsp3) is 0.600. The minimum absolute atomic E-state index is 0. The van der Waals surface area contributed by atoms with Crippen molar-refractivity contribution >= 4 is 24.8 Å². The quantitative estimate of drug-likeness (QED) is 0.890. The van der Waals surface area contributed by atoms with Crippen LogP contribution in [0.3, 0.4) is 0 Å². The third-order valence-electron chi connectivity index (χ3n) is 3.72. The van der Waals surface area contributed by atoms with E-state index in [-0.39, 0.29) is 36.7 Å². The second-order valence-corrected chi connectivity index (χ2v) is 4.95. The fourth-order valence-corrected chi connectivity index (χ4v) is 2.80. The Morgan fingerprint density at radius 1 is 1.29 bits per heavy atom. The highest BCUT2D eigenvalue weighted by Gasteiger charge is 2.26. The largest absolute Gasteiger partial charge is 0.496 e. The zero-order valence-corrected chi connectivity index (χ0v) is 14.2. The van der Waals surface area contributed by atoms with Gasteiger partial charge >= 0.3 is 0 Å². The third kappa shape index (κ3) is 4.99. The maximum absolute atomic E-state index is 14.2. The van der Waals surface area contributed by atoms with Gasteiger partial charge in [-0.1, -0.05) is 19.4 Å². The molecule has 1 saturated heterocycles. The van der Waals surface area contributed by atoms with Crippen molar-refractivity contribution in [2.75, 3.05) is 33.3 Å². The van der Waals surface area contributed by atoms with Crippen LogP contribution in [0.25, 0.3) is 0 Å². The number of nitrogens with zero attached hydrogens (tertiary/aromatic N) is 1. The highest BCUT2D eigenvalue weighted by Crippen LogP contribution is 2.34. The van der Waals surface area contributed by atoms with Crippen LogP contribution in [-0.4, -0.2) is 38.2 Å². The Balaban J connectivity index is 0.00000200. The number of rotatable bonds is 5. The number of piperazine rings is 1. The van der Waals surface area contributed by atoms with Crippen LogP contribution in [0.2, 0.25) is 0 Å². The summed E-state index contributed by atoms with van der Waals surface area (Å²) < 4.78 is 19.6. The highest BCUT2D eigenvalue weighted by molar-refractivity contribution is 5.85. The highest BCUT2D eigenvalue weighted by atomic mass is 35.5. The molecule has 1 N–H and O–H groups in total. The predicted molar refractivity (Wildman–Crippen MR) is 89.5 cm³/mol. The van der Waals surface area contributed by atoms with Crippen LogP contribution in [-0.2, 0) is 0 Å². The molecule has 1 heterocycles. The second-order valence-electron chi connectivity index (χ2n) is 4.95. The van der Waals surface area contributed by atoms with Gasteiger partial charge in [0.05, 0.1) is 7.11 Å². The van der Waals surface area contributed by atoms with Gasteiger partial charge in [0.15, 0.2) is 0 Å². The van der Waals surface area contributed by atoms with E-state index in [1.807, 2.05) is 6.07 Å². The van der Waals surface area contributed by atoms with E-state index in [1.165, 1.54) is 6.07 Å².